The lowest BCUT2D eigenvalue weighted by atomic mass is 10.3. The number of carbonyl (C=O) groups is 1. The summed E-state index contributed by atoms with van der Waals surface area (Å²) in [5.74, 6) is -0.298. The molecule has 0 saturated carbocycles. The van der Waals surface area contributed by atoms with Crippen molar-refractivity contribution >= 4 is 22.8 Å². The highest BCUT2D eigenvalue weighted by Gasteiger charge is 2.05. The Kier molecular flexibility index (Phi) is 3.31. The maximum atomic E-state index is 12.8. The van der Waals surface area contributed by atoms with Crippen LogP contribution in [0.2, 0.25) is 0 Å². The molecule has 2 nitrogen and oxygen atoms in total. The van der Waals surface area contributed by atoms with Crippen molar-refractivity contribution in [2.75, 3.05) is 11.9 Å². The van der Waals surface area contributed by atoms with Gasteiger partial charge in [0.15, 0.2) is 5.78 Å². The standard InChI is InChI=1S/C12H10FNOS/c13-9-3-1-4-10(7-9)14-8-11(15)12-5-2-6-16-12/h1-7,14H,8H2. The van der Waals surface area contributed by atoms with Gasteiger partial charge in [-0.1, -0.05) is 12.1 Å². The highest BCUT2D eigenvalue weighted by Crippen LogP contribution is 2.12. The Morgan fingerprint density at radius 2 is 2.19 bits per heavy atom. The van der Waals surface area contributed by atoms with Crippen LogP contribution in [0.5, 0.6) is 0 Å². The van der Waals surface area contributed by atoms with E-state index in [9.17, 15) is 9.18 Å². The van der Waals surface area contributed by atoms with Gasteiger partial charge in [-0.15, -0.1) is 11.3 Å². The summed E-state index contributed by atoms with van der Waals surface area (Å²) < 4.78 is 12.8. The maximum Gasteiger partial charge on any atom is 0.191 e. The van der Waals surface area contributed by atoms with Crippen molar-refractivity contribution in [3.8, 4) is 0 Å². The zero-order valence-electron chi connectivity index (χ0n) is 8.44. The van der Waals surface area contributed by atoms with Crippen LogP contribution in [0.4, 0.5) is 10.1 Å². The van der Waals surface area contributed by atoms with Gasteiger partial charge in [0.25, 0.3) is 0 Å². The lowest BCUT2D eigenvalue weighted by Gasteiger charge is -2.04. The molecule has 0 spiro atoms. The molecule has 0 amide bonds. The summed E-state index contributed by atoms with van der Waals surface area (Å²) in [4.78, 5) is 12.3. The first-order chi connectivity index (χ1) is 7.75. The van der Waals surface area contributed by atoms with E-state index in [1.165, 1.54) is 23.5 Å². The summed E-state index contributed by atoms with van der Waals surface area (Å²) in [6.45, 7) is 0.184. The van der Waals surface area contributed by atoms with Crippen LogP contribution < -0.4 is 5.32 Å². The van der Waals surface area contributed by atoms with Crippen molar-refractivity contribution in [2.45, 2.75) is 0 Å². The van der Waals surface area contributed by atoms with Gasteiger partial charge in [-0.3, -0.25) is 4.79 Å². The second kappa shape index (κ2) is 4.90. The molecule has 0 aliphatic carbocycles. The van der Waals surface area contributed by atoms with Crippen molar-refractivity contribution in [3.63, 3.8) is 0 Å². The number of rotatable bonds is 4. The zero-order valence-corrected chi connectivity index (χ0v) is 9.26. The summed E-state index contributed by atoms with van der Waals surface area (Å²) in [6.07, 6.45) is 0. The Morgan fingerprint density at radius 1 is 1.31 bits per heavy atom. The Morgan fingerprint density at radius 3 is 2.88 bits per heavy atom. The lowest BCUT2D eigenvalue weighted by Crippen LogP contribution is -2.12. The molecule has 16 heavy (non-hydrogen) atoms. The first-order valence-corrected chi connectivity index (χ1v) is 5.70. The van der Waals surface area contributed by atoms with Gasteiger partial charge in [0, 0.05) is 5.69 Å². The summed E-state index contributed by atoms with van der Waals surface area (Å²) >= 11 is 1.41. The fraction of sp³-hybridized carbons (Fsp3) is 0.0833. The number of thiophene rings is 1. The Hall–Kier alpha value is -1.68. The van der Waals surface area contributed by atoms with E-state index >= 15 is 0 Å². The molecule has 82 valence electrons. The number of halogens is 1. The average Bonchev–Trinajstić information content (AvgIpc) is 2.79. The molecular weight excluding hydrogens is 225 g/mol. The number of hydrogen-bond donors (Lipinski definition) is 1. The monoisotopic (exact) mass is 235 g/mol. The molecule has 1 heterocycles. The second-order valence-electron chi connectivity index (χ2n) is 3.26. The Balaban J connectivity index is 1.95. The van der Waals surface area contributed by atoms with Gasteiger partial charge in [0.1, 0.15) is 5.82 Å². The highest BCUT2D eigenvalue weighted by atomic mass is 32.1. The van der Waals surface area contributed by atoms with Gasteiger partial charge >= 0.3 is 0 Å². The smallest absolute Gasteiger partial charge is 0.191 e. The average molecular weight is 235 g/mol. The molecule has 0 aliphatic heterocycles. The summed E-state index contributed by atoms with van der Waals surface area (Å²) in [5.41, 5.74) is 0.616. The third-order valence-electron chi connectivity index (χ3n) is 2.07. The van der Waals surface area contributed by atoms with Crippen LogP contribution >= 0.6 is 11.3 Å². The van der Waals surface area contributed by atoms with Crippen LogP contribution in [0, 0.1) is 5.82 Å². The number of hydrogen-bond acceptors (Lipinski definition) is 3. The minimum absolute atomic E-state index is 0.0132. The fourth-order valence-electron chi connectivity index (χ4n) is 1.31. The minimum atomic E-state index is -0.312. The summed E-state index contributed by atoms with van der Waals surface area (Å²) in [7, 11) is 0. The molecule has 0 atom stereocenters. The first-order valence-electron chi connectivity index (χ1n) is 4.82. The van der Waals surface area contributed by atoms with Crippen molar-refractivity contribution in [2.24, 2.45) is 0 Å². The van der Waals surface area contributed by atoms with Crippen molar-refractivity contribution in [1.29, 1.82) is 0 Å². The number of nitrogens with one attached hydrogen (secondary N) is 1. The molecule has 0 unspecified atom stereocenters. The molecule has 2 rings (SSSR count). The Bertz CT molecular complexity index is 482. The van der Waals surface area contributed by atoms with Crippen LogP contribution in [0.3, 0.4) is 0 Å². The lowest BCUT2D eigenvalue weighted by molar-refractivity contribution is 0.101. The van der Waals surface area contributed by atoms with Crippen LogP contribution in [0.25, 0.3) is 0 Å². The van der Waals surface area contributed by atoms with Gasteiger partial charge < -0.3 is 5.32 Å². The van der Waals surface area contributed by atoms with E-state index in [1.807, 2.05) is 11.4 Å². The molecule has 0 radical (unpaired) electrons. The van der Waals surface area contributed by atoms with E-state index in [4.69, 9.17) is 0 Å². The van der Waals surface area contributed by atoms with E-state index in [2.05, 4.69) is 5.32 Å². The van der Waals surface area contributed by atoms with Crippen LogP contribution in [-0.4, -0.2) is 12.3 Å². The third-order valence-corrected chi connectivity index (χ3v) is 2.98. The minimum Gasteiger partial charge on any atom is -0.377 e. The quantitative estimate of drug-likeness (QED) is 0.825. The predicted octanol–water partition coefficient (Wildman–Crippen LogP) is 3.18. The van der Waals surface area contributed by atoms with Crippen LogP contribution in [0.1, 0.15) is 9.67 Å². The number of anilines is 1. The van der Waals surface area contributed by atoms with E-state index in [-0.39, 0.29) is 18.1 Å². The van der Waals surface area contributed by atoms with Crippen molar-refractivity contribution < 1.29 is 9.18 Å². The van der Waals surface area contributed by atoms with Crippen molar-refractivity contribution in [3.05, 3.63) is 52.5 Å². The molecule has 2 aromatic rings. The fourth-order valence-corrected chi connectivity index (χ4v) is 1.97. The Labute approximate surface area is 96.7 Å². The normalized spacial score (nSPS) is 10.1. The van der Waals surface area contributed by atoms with Gasteiger partial charge in [-0.05, 0) is 29.6 Å². The highest BCUT2D eigenvalue weighted by molar-refractivity contribution is 7.12. The topological polar surface area (TPSA) is 29.1 Å². The van der Waals surface area contributed by atoms with Crippen molar-refractivity contribution in [1.82, 2.24) is 0 Å². The van der Waals surface area contributed by atoms with Gasteiger partial charge in [-0.2, -0.15) is 0 Å². The van der Waals surface area contributed by atoms with E-state index in [0.717, 1.165) is 0 Å². The van der Waals surface area contributed by atoms with Crippen LogP contribution in [-0.2, 0) is 0 Å². The van der Waals surface area contributed by atoms with E-state index in [1.54, 1.807) is 18.2 Å². The number of carbonyl (C=O) groups excluding carboxylic acids is 1. The van der Waals surface area contributed by atoms with E-state index in [0.29, 0.717) is 10.6 Å². The molecule has 0 bridgehead atoms. The second-order valence-corrected chi connectivity index (χ2v) is 4.21. The molecule has 4 heteroatoms. The molecule has 0 fully saturated rings. The van der Waals surface area contributed by atoms with E-state index < -0.39 is 0 Å². The molecular formula is C12H10FNOS. The molecule has 1 N–H and O–H groups in total. The molecule has 1 aromatic heterocycles. The molecule has 0 aliphatic rings. The predicted molar refractivity (Wildman–Crippen MR) is 63.5 cm³/mol. The van der Waals surface area contributed by atoms with Gasteiger partial charge in [0.05, 0.1) is 11.4 Å². The first kappa shape index (κ1) is 10.8. The summed E-state index contributed by atoms with van der Waals surface area (Å²) in [5, 5.41) is 4.75. The molecule has 1 aromatic carbocycles. The number of ketones is 1. The largest absolute Gasteiger partial charge is 0.377 e. The maximum absolute atomic E-state index is 12.8. The third kappa shape index (κ3) is 2.67. The van der Waals surface area contributed by atoms with Gasteiger partial charge in [0.2, 0.25) is 0 Å². The zero-order chi connectivity index (χ0) is 11.4. The van der Waals surface area contributed by atoms with Crippen LogP contribution in [0.15, 0.2) is 41.8 Å². The number of benzene rings is 1. The summed E-state index contributed by atoms with van der Waals surface area (Å²) in [6, 6.07) is 9.67. The SMILES string of the molecule is O=C(CNc1cccc(F)c1)c1cccs1. The molecule has 0 saturated heterocycles. The van der Waals surface area contributed by atoms with Gasteiger partial charge in [-0.25, -0.2) is 4.39 Å². The number of Topliss-reactive ketones (excluding diaryl/α,β-unsaturated/α-hetero) is 1.